The monoisotopic (exact) mass is 578 g/mol. The zero-order chi connectivity index (χ0) is 29.1. The molecule has 0 bridgehead atoms. The van der Waals surface area contributed by atoms with Crippen LogP contribution in [0.3, 0.4) is 0 Å². The lowest BCUT2D eigenvalue weighted by atomic mass is 9.82. The van der Waals surface area contributed by atoms with Gasteiger partial charge in [0.25, 0.3) is 0 Å². The van der Waals surface area contributed by atoms with E-state index in [4.69, 9.17) is 9.72 Å². The Kier molecular flexibility index (Phi) is 8.90. The third-order valence-electron chi connectivity index (χ3n) is 8.49. The van der Waals surface area contributed by atoms with Gasteiger partial charge >= 0.3 is 6.01 Å². The fourth-order valence-corrected chi connectivity index (χ4v) is 6.38. The van der Waals surface area contributed by atoms with Gasteiger partial charge in [-0.1, -0.05) is 18.7 Å². The summed E-state index contributed by atoms with van der Waals surface area (Å²) in [4.78, 5) is 42.0. The van der Waals surface area contributed by atoms with Crippen molar-refractivity contribution in [3.05, 3.63) is 53.5 Å². The molecule has 5 rings (SSSR count). The zero-order valence-electron chi connectivity index (χ0n) is 23.3. The van der Waals surface area contributed by atoms with Crippen LogP contribution in [0, 0.1) is 23.1 Å². The number of hydrogen-bond acceptors (Lipinski definition) is 9. The molecule has 3 atom stereocenters. The smallest absolute Gasteiger partial charge is 0.319 e. The highest BCUT2D eigenvalue weighted by Crippen LogP contribution is 2.36. The van der Waals surface area contributed by atoms with Crippen molar-refractivity contribution in [1.82, 2.24) is 19.8 Å². The van der Waals surface area contributed by atoms with Crippen molar-refractivity contribution in [2.75, 3.05) is 44.7 Å². The van der Waals surface area contributed by atoms with Crippen molar-refractivity contribution in [2.24, 2.45) is 5.92 Å². The summed E-state index contributed by atoms with van der Waals surface area (Å²) >= 11 is 4.33. The van der Waals surface area contributed by atoms with Gasteiger partial charge in [-0.3, -0.25) is 9.59 Å². The molecule has 3 aliphatic rings. The Morgan fingerprint density at radius 1 is 1.27 bits per heavy atom. The first-order chi connectivity index (χ1) is 19.8. The Hall–Kier alpha value is -3.49. The van der Waals surface area contributed by atoms with E-state index in [2.05, 4.69) is 42.2 Å². The van der Waals surface area contributed by atoms with Crippen LogP contribution in [0.2, 0.25) is 0 Å². The number of halogens is 1. The standard InChI is InChI=1S/C30H35FN6O3S/c1-3-25(38)37-15-14-36(17-21(37)11-12-32)29-23-10-9-19(16-20-6-4-8-24(31)28(20)41)27(39)26(23)33-30(34-29)40-18-22-7-5-13-35(22)2/h3-4,6,8,19,21-22,41H,1,5,7,9-11,13-18H2,2H3/t19-,21?,22?/m0/s1. The molecule has 0 radical (unpaired) electrons. The Morgan fingerprint density at radius 3 is 2.83 bits per heavy atom. The fourth-order valence-electron chi connectivity index (χ4n) is 6.14. The van der Waals surface area contributed by atoms with E-state index in [1.807, 2.05) is 4.90 Å². The fraction of sp³-hybridized carbons (Fsp3) is 0.500. The summed E-state index contributed by atoms with van der Waals surface area (Å²) in [6.45, 7) is 6.30. The lowest BCUT2D eigenvalue weighted by Crippen LogP contribution is -2.55. The van der Waals surface area contributed by atoms with Gasteiger partial charge in [-0.2, -0.15) is 15.2 Å². The number of nitrogens with zero attached hydrogens (tertiary/aromatic N) is 6. The molecular weight excluding hydrogens is 543 g/mol. The summed E-state index contributed by atoms with van der Waals surface area (Å²) < 4.78 is 20.3. The number of likely N-dealkylation sites (N-methyl/N-ethyl adjacent to an activating group) is 1. The molecule has 3 heterocycles. The molecule has 9 nitrogen and oxygen atoms in total. The molecule has 1 aromatic carbocycles. The predicted molar refractivity (Wildman–Crippen MR) is 155 cm³/mol. The summed E-state index contributed by atoms with van der Waals surface area (Å²) in [6.07, 6.45) is 5.05. The molecule has 0 N–H and O–H groups in total. The molecule has 1 aliphatic carbocycles. The van der Waals surface area contributed by atoms with Crippen molar-refractivity contribution < 1.29 is 18.7 Å². The quantitative estimate of drug-likeness (QED) is 0.375. The molecule has 11 heteroatoms. The SMILES string of the molecule is C=CC(=O)N1CCN(c2nc(OCC3CCCN3C)nc3c2CC[C@@H](Cc2cccc(F)c2S)C3=O)CC1CC#N. The molecule has 41 heavy (non-hydrogen) atoms. The number of piperazine rings is 1. The number of hydrogen-bond donors (Lipinski definition) is 1. The van der Waals surface area contributed by atoms with Crippen LogP contribution < -0.4 is 9.64 Å². The maximum absolute atomic E-state index is 14.2. The number of Topliss-reactive ketones (excluding diaryl/α,β-unsaturated/α-hetero) is 1. The number of ketones is 1. The van der Waals surface area contributed by atoms with E-state index in [1.165, 1.54) is 12.1 Å². The summed E-state index contributed by atoms with van der Waals surface area (Å²) in [7, 11) is 2.07. The number of likely N-dealkylation sites (tertiary alicyclic amines) is 1. The van der Waals surface area contributed by atoms with Crippen LogP contribution in [-0.2, 0) is 17.6 Å². The van der Waals surface area contributed by atoms with Gasteiger partial charge in [-0.05, 0) is 63.4 Å². The van der Waals surface area contributed by atoms with Crippen LogP contribution in [0.5, 0.6) is 6.01 Å². The van der Waals surface area contributed by atoms with E-state index in [-0.39, 0.29) is 47.0 Å². The largest absolute Gasteiger partial charge is 0.462 e. The maximum Gasteiger partial charge on any atom is 0.319 e. The highest BCUT2D eigenvalue weighted by atomic mass is 32.1. The van der Waals surface area contributed by atoms with Crippen LogP contribution >= 0.6 is 12.6 Å². The van der Waals surface area contributed by atoms with Crippen molar-refractivity contribution in [3.8, 4) is 12.1 Å². The Bertz CT molecular complexity index is 1380. The highest BCUT2D eigenvalue weighted by molar-refractivity contribution is 7.80. The molecule has 2 aromatic rings. The number of thiol groups is 1. The Morgan fingerprint density at radius 2 is 2.10 bits per heavy atom. The zero-order valence-corrected chi connectivity index (χ0v) is 24.2. The molecule has 2 unspecified atom stereocenters. The van der Waals surface area contributed by atoms with Crippen molar-refractivity contribution in [2.45, 2.75) is 55.5 Å². The predicted octanol–water partition coefficient (Wildman–Crippen LogP) is 3.48. The van der Waals surface area contributed by atoms with Gasteiger partial charge in [-0.15, -0.1) is 12.6 Å². The van der Waals surface area contributed by atoms with Gasteiger partial charge in [0, 0.05) is 42.1 Å². The number of benzene rings is 1. The van der Waals surface area contributed by atoms with E-state index < -0.39 is 5.82 Å². The number of anilines is 1. The van der Waals surface area contributed by atoms with E-state index in [9.17, 15) is 19.2 Å². The number of rotatable bonds is 8. The topological polar surface area (TPSA) is 103 Å². The molecular formula is C30H35FN6O3S. The first kappa shape index (κ1) is 29.0. The van der Waals surface area contributed by atoms with E-state index in [0.717, 1.165) is 24.9 Å². The highest BCUT2D eigenvalue weighted by Gasteiger charge is 2.37. The second-order valence-electron chi connectivity index (χ2n) is 11.0. The van der Waals surface area contributed by atoms with Gasteiger partial charge in [0.1, 0.15) is 23.9 Å². The first-order valence-corrected chi connectivity index (χ1v) is 14.5. The van der Waals surface area contributed by atoms with E-state index in [1.54, 1.807) is 17.0 Å². The Balaban J connectivity index is 1.46. The second-order valence-corrected chi connectivity index (χ2v) is 11.4. The van der Waals surface area contributed by atoms with Crippen LogP contribution in [0.25, 0.3) is 0 Å². The van der Waals surface area contributed by atoms with Crippen molar-refractivity contribution >= 4 is 30.1 Å². The molecule has 2 saturated heterocycles. The molecule has 0 spiro atoms. The van der Waals surface area contributed by atoms with E-state index >= 15 is 0 Å². The number of nitriles is 1. The normalized spacial score (nSPS) is 22.8. The minimum Gasteiger partial charge on any atom is -0.462 e. The summed E-state index contributed by atoms with van der Waals surface area (Å²) in [5.41, 5.74) is 1.77. The lowest BCUT2D eigenvalue weighted by Gasteiger charge is -2.41. The minimum absolute atomic E-state index is 0.122. The minimum atomic E-state index is -0.410. The number of fused-ring (bicyclic) bond motifs is 1. The molecule has 1 aromatic heterocycles. The molecule has 1 amide bonds. The molecule has 2 fully saturated rings. The van der Waals surface area contributed by atoms with Gasteiger partial charge < -0.3 is 19.4 Å². The third kappa shape index (κ3) is 6.09. The van der Waals surface area contributed by atoms with E-state index in [0.29, 0.717) is 62.6 Å². The summed E-state index contributed by atoms with van der Waals surface area (Å²) in [5, 5.41) is 9.45. The van der Waals surface area contributed by atoms with Gasteiger partial charge in [0.05, 0.1) is 18.5 Å². The summed E-state index contributed by atoms with van der Waals surface area (Å²) in [5.74, 6) is -0.499. The average molecular weight is 579 g/mol. The van der Waals surface area contributed by atoms with Crippen molar-refractivity contribution in [3.63, 3.8) is 0 Å². The molecule has 2 aliphatic heterocycles. The number of carbonyl (C=O) groups excluding carboxylic acids is 2. The van der Waals surface area contributed by atoms with Crippen LogP contribution in [0.4, 0.5) is 10.2 Å². The second kappa shape index (κ2) is 12.6. The van der Waals surface area contributed by atoms with Crippen LogP contribution in [0.15, 0.2) is 35.7 Å². The lowest BCUT2D eigenvalue weighted by molar-refractivity contribution is -0.128. The first-order valence-electron chi connectivity index (χ1n) is 14.1. The van der Waals surface area contributed by atoms with Gasteiger partial charge in [-0.25, -0.2) is 4.39 Å². The number of aromatic nitrogens is 2. The Labute approximate surface area is 245 Å². The number of carbonyl (C=O) groups is 2. The average Bonchev–Trinajstić information content (AvgIpc) is 3.39. The maximum atomic E-state index is 14.2. The van der Waals surface area contributed by atoms with Gasteiger partial charge in [0.2, 0.25) is 5.91 Å². The summed E-state index contributed by atoms with van der Waals surface area (Å²) in [6, 6.07) is 7.03. The van der Waals surface area contributed by atoms with Crippen LogP contribution in [0.1, 0.15) is 47.3 Å². The van der Waals surface area contributed by atoms with Crippen LogP contribution in [-0.4, -0.2) is 83.4 Å². The number of ether oxygens (including phenoxy) is 1. The number of amides is 1. The van der Waals surface area contributed by atoms with Crippen molar-refractivity contribution in [1.29, 1.82) is 5.26 Å². The van der Waals surface area contributed by atoms with Gasteiger partial charge in [0.15, 0.2) is 5.78 Å². The molecule has 216 valence electrons. The molecule has 0 saturated carbocycles. The third-order valence-corrected chi connectivity index (χ3v) is 8.99.